The van der Waals surface area contributed by atoms with Crippen molar-refractivity contribution >= 4 is 20.0 Å². The van der Waals surface area contributed by atoms with E-state index in [0.717, 1.165) is 5.56 Å². The van der Waals surface area contributed by atoms with Gasteiger partial charge in [0.2, 0.25) is 9.84 Å². The van der Waals surface area contributed by atoms with Gasteiger partial charge in [-0.3, -0.25) is 0 Å². The van der Waals surface area contributed by atoms with E-state index in [0.29, 0.717) is 5.75 Å². The highest BCUT2D eigenvalue weighted by Crippen LogP contribution is 2.19. The van der Waals surface area contributed by atoms with E-state index in [1.165, 1.54) is 43.5 Å². The minimum atomic E-state index is -4.17. The third-order valence-electron chi connectivity index (χ3n) is 3.09. The number of sulfone groups is 1. The highest BCUT2D eigenvalue weighted by atomic mass is 32.2. The number of rotatable bonds is 6. The molecule has 0 bridgehead atoms. The zero-order chi connectivity index (χ0) is 17.1. The largest absolute Gasteiger partial charge is 0.497 e. The van der Waals surface area contributed by atoms with Crippen molar-refractivity contribution in [1.82, 2.24) is 0 Å². The number of ether oxygens (including phenoxy) is 1. The van der Waals surface area contributed by atoms with Crippen molar-refractivity contribution in [1.29, 1.82) is 0 Å². The summed E-state index contributed by atoms with van der Waals surface area (Å²) in [6.07, 6.45) is 0. The molecule has 0 aliphatic heterocycles. The van der Waals surface area contributed by atoms with Gasteiger partial charge in [-0.15, -0.1) is 0 Å². The summed E-state index contributed by atoms with van der Waals surface area (Å²) in [5.74, 6) is -0.471. The molecule has 8 heteroatoms. The number of hydrogen-bond acceptors (Lipinski definition) is 6. The molecule has 0 aliphatic rings. The molecule has 0 unspecified atom stereocenters. The summed E-state index contributed by atoms with van der Waals surface area (Å²) >= 11 is 0. The van der Waals surface area contributed by atoms with Crippen LogP contribution in [0, 0.1) is 6.92 Å². The molecule has 0 saturated heterocycles. The van der Waals surface area contributed by atoms with Crippen molar-refractivity contribution < 1.29 is 25.8 Å². The molecule has 0 fully saturated rings. The van der Waals surface area contributed by atoms with E-state index in [9.17, 15) is 16.8 Å². The molecule has 0 spiro atoms. The van der Waals surface area contributed by atoms with Gasteiger partial charge in [-0.25, -0.2) is 12.6 Å². The van der Waals surface area contributed by atoms with Crippen LogP contribution in [0.5, 0.6) is 5.75 Å². The van der Waals surface area contributed by atoms with Crippen LogP contribution in [-0.2, 0) is 24.1 Å². The zero-order valence-electron chi connectivity index (χ0n) is 12.6. The van der Waals surface area contributed by atoms with Crippen molar-refractivity contribution in [3.8, 4) is 5.75 Å². The highest BCUT2D eigenvalue weighted by Gasteiger charge is 2.22. The van der Waals surface area contributed by atoms with Crippen molar-refractivity contribution in [2.24, 2.45) is 0 Å². The van der Waals surface area contributed by atoms with E-state index in [1.807, 2.05) is 6.92 Å². The van der Waals surface area contributed by atoms with Gasteiger partial charge in [-0.2, -0.15) is 8.42 Å². The van der Waals surface area contributed by atoms with Crippen molar-refractivity contribution in [3.63, 3.8) is 0 Å². The van der Waals surface area contributed by atoms with Gasteiger partial charge in [0.15, 0.2) is 5.94 Å². The number of methoxy groups -OCH3 is 1. The van der Waals surface area contributed by atoms with Crippen LogP contribution in [0.1, 0.15) is 5.56 Å². The van der Waals surface area contributed by atoms with E-state index in [-0.39, 0.29) is 9.79 Å². The smallest absolute Gasteiger partial charge is 0.297 e. The molecule has 0 radical (unpaired) electrons. The molecule has 2 aromatic rings. The Kier molecular flexibility index (Phi) is 5.08. The average molecular weight is 356 g/mol. The lowest BCUT2D eigenvalue weighted by atomic mass is 10.2. The van der Waals surface area contributed by atoms with Gasteiger partial charge in [-0.05, 0) is 43.3 Å². The van der Waals surface area contributed by atoms with Gasteiger partial charge < -0.3 is 4.74 Å². The molecule has 0 amide bonds. The van der Waals surface area contributed by atoms with Gasteiger partial charge in [-0.1, -0.05) is 17.7 Å². The highest BCUT2D eigenvalue weighted by molar-refractivity contribution is 7.92. The van der Waals surface area contributed by atoms with Crippen molar-refractivity contribution in [2.45, 2.75) is 16.7 Å². The molecule has 0 heterocycles. The summed E-state index contributed by atoms with van der Waals surface area (Å²) in [5, 5.41) is 0. The molecule has 0 saturated carbocycles. The van der Waals surface area contributed by atoms with Crippen molar-refractivity contribution in [2.75, 3.05) is 13.0 Å². The van der Waals surface area contributed by atoms with Crippen LogP contribution in [0.25, 0.3) is 0 Å². The Morgan fingerprint density at radius 3 is 1.87 bits per heavy atom. The van der Waals surface area contributed by atoms with Gasteiger partial charge >= 0.3 is 0 Å². The summed E-state index contributed by atoms with van der Waals surface area (Å²) in [7, 11) is -6.57. The number of aryl methyl sites for hydroxylation is 1. The average Bonchev–Trinajstić information content (AvgIpc) is 2.54. The van der Waals surface area contributed by atoms with Crippen LogP contribution in [0.15, 0.2) is 58.3 Å². The van der Waals surface area contributed by atoms with Gasteiger partial charge in [0.25, 0.3) is 10.1 Å². The van der Waals surface area contributed by atoms with E-state index in [2.05, 4.69) is 4.18 Å². The van der Waals surface area contributed by atoms with Gasteiger partial charge in [0.1, 0.15) is 5.75 Å². The predicted octanol–water partition coefficient (Wildman–Crippen LogP) is 2.14. The van der Waals surface area contributed by atoms with Crippen LogP contribution in [-0.4, -0.2) is 29.9 Å². The van der Waals surface area contributed by atoms with Crippen LogP contribution < -0.4 is 4.74 Å². The Morgan fingerprint density at radius 1 is 0.826 bits per heavy atom. The van der Waals surface area contributed by atoms with E-state index in [4.69, 9.17) is 4.74 Å². The first kappa shape index (κ1) is 17.5. The molecular formula is C15H16O6S2. The lowest BCUT2D eigenvalue weighted by Crippen LogP contribution is -2.15. The van der Waals surface area contributed by atoms with Crippen LogP contribution in [0.4, 0.5) is 0 Å². The molecule has 6 nitrogen and oxygen atoms in total. The molecule has 124 valence electrons. The molecule has 0 aliphatic carbocycles. The molecule has 23 heavy (non-hydrogen) atoms. The predicted molar refractivity (Wildman–Crippen MR) is 84.5 cm³/mol. The molecule has 0 aromatic heterocycles. The topological polar surface area (TPSA) is 86.7 Å². The maximum absolute atomic E-state index is 12.1. The minimum absolute atomic E-state index is 0.00744. The van der Waals surface area contributed by atoms with Crippen LogP contribution >= 0.6 is 0 Å². The molecule has 0 N–H and O–H groups in total. The summed E-state index contributed by atoms with van der Waals surface area (Å²) in [6, 6.07) is 11.5. The fraction of sp³-hybridized carbons (Fsp3) is 0.200. The van der Waals surface area contributed by atoms with Crippen molar-refractivity contribution in [3.05, 3.63) is 54.1 Å². The summed E-state index contributed by atoms with van der Waals surface area (Å²) in [4.78, 5) is -0.134. The second-order valence-electron chi connectivity index (χ2n) is 4.79. The summed E-state index contributed by atoms with van der Waals surface area (Å²) in [5.41, 5.74) is 0.899. The van der Waals surface area contributed by atoms with E-state index < -0.39 is 25.9 Å². The number of benzene rings is 2. The third kappa shape index (κ3) is 4.31. The Hall–Kier alpha value is -1.90. The SMILES string of the molecule is COc1ccc(S(=O)(=O)OCS(=O)(=O)c2ccc(C)cc2)cc1. The molecule has 0 atom stereocenters. The first-order valence-electron chi connectivity index (χ1n) is 6.57. The Bertz CT molecular complexity index is 867. The summed E-state index contributed by atoms with van der Waals surface area (Å²) in [6.45, 7) is 1.82. The molecular weight excluding hydrogens is 340 g/mol. The fourth-order valence-electron chi connectivity index (χ4n) is 1.75. The van der Waals surface area contributed by atoms with Crippen LogP contribution in [0.3, 0.4) is 0 Å². The quantitative estimate of drug-likeness (QED) is 0.737. The lowest BCUT2D eigenvalue weighted by Gasteiger charge is -2.08. The van der Waals surface area contributed by atoms with E-state index in [1.54, 1.807) is 12.1 Å². The first-order chi connectivity index (χ1) is 10.7. The molecule has 2 rings (SSSR count). The second-order valence-corrected chi connectivity index (χ2v) is 8.35. The first-order valence-corrected chi connectivity index (χ1v) is 9.63. The van der Waals surface area contributed by atoms with E-state index >= 15 is 0 Å². The zero-order valence-corrected chi connectivity index (χ0v) is 14.2. The Morgan fingerprint density at radius 2 is 1.35 bits per heavy atom. The molecule has 2 aromatic carbocycles. The maximum atomic E-state index is 12.1. The third-order valence-corrected chi connectivity index (χ3v) is 5.93. The normalized spacial score (nSPS) is 12.1. The standard InChI is InChI=1S/C15H16O6S2/c1-12-3-7-14(8-4-12)22(16,17)11-21-23(18,19)15-9-5-13(20-2)6-10-15/h3-10H,11H2,1-2H3. The Labute approximate surface area is 135 Å². The monoisotopic (exact) mass is 356 g/mol. The van der Waals surface area contributed by atoms with Gasteiger partial charge in [0.05, 0.1) is 16.9 Å². The minimum Gasteiger partial charge on any atom is -0.497 e. The van der Waals surface area contributed by atoms with Crippen LogP contribution in [0.2, 0.25) is 0 Å². The number of hydrogen-bond donors (Lipinski definition) is 0. The maximum Gasteiger partial charge on any atom is 0.297 e. The second kappa shape index (κ2) is 6.69. The lowest BCUT2D eigenvalue weighted by molar-refractivity contribution is 0.368. The Balaban J connectivity index is 2.16. The fourth-order valence-corrected chi connectivity index (χ4v) is 4.06. The summed E-state index contributed by atoms with van der Waals surface area (Å²) < 4.78 is 57.9. The van der Waals surface area contributed by atoms with Gasteiger partial charge in [0, 0.05) is 0 Å².